The molecular formula is C25H30O2. The molecule has 0 amide bonds. The third-order valence-electron chi connectivity index (χ3n) is 5.66. The summed E-state index contributed by atoms with van der Waals surface area (Å²) in [5, 5.41) is 0. The van der Waals surface area contributed by atoms with E-state index < -0.39 is 0 Å². The number of rotatable bonds is 4. The molecule has 0 saturated carbocycles. The molecule has 0 bridgehead atoms. The molecule has 0 spiro atoms. The number of allylic oxidation sites excluding steroid dienone is 1. The summed E-state index contributed by atoms with van der Waals surface area (Å²) in [6.45, 7) is 11.3. The van der Waals surface area contributed by atoms with Gasteiger partial charge in [-0.25, -0.2) is 4.79 Å². The molecule has 2 aromatic carbocycles. The monoisotopic (exact) mass is 362 g/mol. The van der Waals surface area contributed by atoms with Crippen molar-refractivity contribution in [3.05, 3.63) is 69.8 Å². The Kier molecular flexibility index (Phi) is 5.55. The minimum Gasteiger partial charge on any atom is -0.462 e. The summed E-state index contributed by atoms with van der Waals surface area (Å²) in [6.07, 6.45) is 5.92. The van der Waals surface area contributed by atoms with Gasteiger partial charge in [0.15, 0.2) is 0 Å². The molecule has 0 atom stereocenters. The maximum Gasteiger partial charge on any atom is 0.338 e. The first-order valence-electron chi connectivity index (χ1n) is 9.91. The molecule has 0 N–H and O–H groups in total. The molecule has 27 heavy (non-hydrogen) atoms. The van der Waals surface area contributed by atoms with Crippen LogP contribution in [0.1, 0.15) is 78.7 Å². The van der Waals surface area contributed by atoms with Crippen LogP contribution in [-0.2, 0) is 16.6 Å². The Bertz CT molecular complexity index is 870. The summed E-state index contributed by atoms with van der Waals surface area (Å²) in [5.74, 6) is -0.266. The molecule has 0 saturated heterocycles. The van der Waals surface area contributed by atoms with Crippen molar-refractivity contribution >= 4 is 17.6 Å². The van der Waals surface area contributed by atoms with Gasteiger partial charge >= 0.3 is 5.97 Å². The summed E-state index contributed by atoms with van der Waals surface area (Å²) < 4.78 is 5.05. The first-order chi connectivity index (χ1) is 12.8. The highest BCUT2D eigenvalue weighted by Crippen LogP contribution is 2.39. The lowest BCUT2D eigenvalue weighted by Crippen LogP contribution is -2.24. The highest BCUT2D eigenvalue weighted by Gasteiger charge is 2.28. The largest absolute Gasteiger partial charge is 0.462 e. The fraction of sp³-hybridized carbons (Fsp3) is 0.400. The van der Waals surface area contributed by atoms with Crippen molar-refractivity contribution in [3.8, 4) is 0 Å². The molecule has 0 radical (unpaired) electrons. The highest BCUT2D eigenvalue weighted by molar-refractivity contribution is 5.90. The molecule has 0 unspecified atom stereocenters. The van der Waals surface area contributed by atoms with Crippen LogP contribution in [0.4, 0.5) is 0 Å². The second-order valence-corrected chi connectivity index (χ2v) is 8.23. The van der Waals surface area contributed by atoms with Gasteiger partial charge in [-0.1, -0.05) is 44.2 Å². The molecule has 1 aliphatic carbocycles. The summed E-state index contributed by atoms with van der Waals surface area (Å²) in [6, 6.07) is 12.4. The van der Waals surface area contributed by atoms with E-state index in [-0.39, 0.29) is 11.4 Å². The average Bonchev–Trinajstić information content (AvgIpc) is 2.61. The van der Waals surface area contributed by atoms with E-state index in [1.807, 2.05) is 31.2 Å². The van der Waals surface area contributed by atoms with Crippen molar-refractivity contribution in [1.82, 2.24) is 0 Å². The van der Waals surface area contributed by atoms with Crippen LogP contribution in [-0.4, -0.2) is 12.6 Å². The number of carbonyl (C=O) groups excluding carboxylic acids is 1. The number of esters is 1. The molecule has 1 aliphatic rings. The van der Waals surface area contributed by atoms with Gasteiger partial charge in [0.2, 0.25) is 0 Å². The van der Waals surface area contributed by atoms with E-state index >= 15 is 0 Å². The second-order valence-electron chi connectivity index (χ2n) is 8.23. The Hall–Kier alpha value is -2.35. The zero-order valence-electron chi connectivity index (χ0n) is 17.2. The van der Waals surface area contributed by atoms with Crippen molar-refractivity contribution in [2.45, 2.75) is 59.3 Å². The number of ether oxygens (including phenoxy) is 1. The minimum atomic E-state index is -0.266. The number of aryl methyl sites for hydroxylation is 2. The standard InChI is InChI=1S/C25H30O2/c1-6-27-24(26)20-11-9-19(10-12-20)14-17(2)22-16-23-21(15-18(22)3)8-7-13-25(23,4)5/h9-12,14-16H,6-8,13H2,1-5H3. The summed E-state index contributed by atoms with van der Waals surface area (Å²) in [4.78, 5) is 11.8. The molecule has 2 heteroatoms. The Morgan fingerprint density at radius 1 is 1.19 bits per heavy atom. The Balaban J connectivity index is 1.91. The fourth-order valence-electron chi connectivity index (χ4n) is 4.14. The van der Waals surface area contributed by atoms with Crippen LogP contribution < -0.4 is 0 Å². The summed E-state index contributed by atoms with van der Waals surface area (Å²) >= 11 is 0. The number of hydrogen-bond donors (Lipinski definition) is 0. The van der Waals surface area contributed by atoms with Gasteiger partial charge in [-0.2, -0.15) is 0 Å². The molecule has 142 valence electrons. The molecule has 0 aliphatic heterocycles. The predicted molar refractivity (Wildman–Crippen MR) is 113 cm³/mol. The smallest absolute Gasteiger partial charge is 0.338 e. The van der Waals surface area contributed by atoms with Crippen LogP contribution >= 0.6 is 0 Å². The lowest BCUT2D eigenvalue weighted by molar-refractivity contribution is 0.0526. The average molecular weight is 363 g/mol. The van der Waals surface area contributed by atoms with E-state index in [1.54, 1.807) is 0 Å². The fourth-order valence-corrected chi connectivity index (χ4v) is 4.14. The molecule has 2 nitrogen and oxygen atoms in total. The van der Waals surface area contributed by atoms with Crippen molar-refractivity contribution in [2.24, 2.45) is 0 Å². The van der Waals surface area contributed by atoms with Crippen molar-refractivity contribution in [2.75, 3.05) is 6.61 Å². The summed E-state index contributed by atoms with van der Waals surface area (Å²) in [5.41, 5.74) is 8.86. The zero-order valence-corrected chi connectivity index (χ0v) is 17.2. The molecule has 2 aromatic rings. The minimum absolute atomic E-state index is 0.248. The number of hydrogen-bond acceptors (Lipinski definition) is 2. The summed E-state index contributed by atoms with van der Waals surface area (Å²) in [7, 11) is 0. The number of carbonyl (C=O) groups is 1. The maximum absolute atomic E-state index is 11.8. The van der Waals surface area contributed by atoms with Crippen molar-refractivity contribution in [3.63, 3.8) is 0 Å². The zero-order chi connectivity index (χ0) is 19.6. The van der Waals surface area contributed by atoms with Gasteiger partial charge in [0, 0.05) is 0 Å². The van der Waals surface area contributed by atoms with Crippen molar-refractivity contribution in [1.29, 1.82) is 0 Å². The molecule has 0 fully saturated rings. The van der Waals surface area contributed by atoms with Crippen LogP contribution in [0.25, 0.3) is 11.6 Å². The van der Waals surface area contributed by atoms with Gasteiger partial charge in [0.05, 0.1) is 12.2 Å². The van der Waals surface area contributed by atoms with Gasteiger partial charge in [-0.3, -0.25) is 0 Å². The van der Waals surface area contributed by atoms with Crippen LogP contribution in [0.3, 0.4) is 0 Å². The first kappa shape index (κ1) is 19.4. The van der Waals surface area contributed by atoms with Gasteiger partial charge in [0.1, 0.15) is 0 Å². The van der Waals surface area contributed by atoms with Gasteiger partial charge < -0.3 is 4.74 Å². The molecule has 0 heterocycles. The second kappa shape index (κ2) is 7.72. The molecule has 0 aromatic heterocycles. The highest BCUT2D eigenvalue weighted by atomic mass is 16.5. The lowest BCUT2D eigenvalue weighted by atomic mass is 9.71. The predicted octanol–water partition coefficient (Wildman–Crippen LogP) is 6.35. The lowest BCUT2D eigenvalue weighted by Gasteiger charge is -2.33. The SMILES string of the molecule is CCOC(=O)c1ccc(C=C(C)c2cc3c(cc2C)CCCC3(C)C)cc1. The van der Waals surface area contributed by atoms with Crippen molar-refractivity contribution < 1.29 is 9.53 Å². The Morgan fingerprint density at radius 2 is 1.89 bits per heavy atom. The number of benzene rings is 2. The van der Waals surface area contributed by atoms with Crippen LogP contribution in [0, 0.1) is 6.92 Å². The molecule has 3 rings (SSSR count). The van der Waals surface area contributed by atoms with Crippen LogP contribution in [0.2, 0.25) is 0 Å². The van der Waals surface area contributed by atoms with E-state index in [4.69, 9.17) is 4.74 Å². The third-order valence-corrected chi connectivity index (χ3v) is 5.66. The van der Waals surface area contributed by atoms with Gasteiger partial charge in [-0.05, 0) is 91.0 Å². The van der Waals surface area contributed by atoms with E-state index in [0.717, 1.165) is 5.56 Å². The first-order valence-corrected chi connectivity index (χ1v) is 9.91. The van der Waals surface area contributed by atoms with E-state index in [2.05, 4.69) is 45.9 Å². The van der Waals surface area contributed by atoms with Crippen LogP contribution in [0.5, 0.6) is 0 Å². The normalized spacial score (nSPS) is 16.0. The van der Waals surface area contributed by atoms with Gasteiger partial charge in [0.25, 0.3) is 0 Å². The van der Waals surface area contributed by atoms with E-state index in [1.165, 1.54) is 47.1 Å². The number of fused-ring (bicyclic) bond motifs is 1. The Labute approximate surface area is 163 Å². The topological polar surface area (TPSA) is 26.3 Å². The van der Waals surface area contributed by atoms with E-state index in [9.17, 15) is 4.79 Å². The molecular weight excluding hydrogens is 332 g/mol. The third kappa shape index (κ3) is 4.16. The maximum atomic E-state index is 11.8. The Morgan fingerprint density at radius 3 is 2.56 bits per heavy atom. The van der Waals surface area contributed by atoms with E-state index in [0.29, 0.717) is 12.2 Å². The van der Waals surface area contributed by atoms with Crippen LogP contribution in [0.15, 0.2) is 36.4 Å². The quantitative estimate of drug-likeness (QED) is 0.468. The van der Waals surface area contributed by atoms with Gasteiger partial charge in [-0.15, -0.1) is 0 Å².